The van der Waals surface area contributed by atoms with Gasteiger partial charge in [-0.15, -0.1) is 0 Å². The van der Waals surface area contributed by atoms with Gasteiger partial charge in [0.25, 0.3) is 0 Å². The topological polar surface area (TPSA) is 24.1 Å². The molecule has 74 valence electrons. The molecule has 2 aliphatic carbocycles. The number of hydrogen-bond donors (Lipinski definition) is 2. The van der Waals surface area contributed by atoms with E-state index in [1.807, 2.05) is 0 Å². The average molecular weight is 180 g/mol. The number of fused-ring (bicyclic) bond motifs is 1. The van der Waals surface area contributed by atoms with Crippen molar-refractivity contribution in [3.8, 4) is 0 Å². The molecule has 0 bridgehead atoms. The Kier molecular flexibility index (Phi) is 2.06. The summed E-state index contributed by atoms with van der Waals surface area (Å²) in [4.78, 5) is 0. The molecule has 2 nitrogen and oxygen atoms in total. The lowest BCUT2D eigenvalue weighted by atomic mass is 9.94. The summed E-state index contributed by atoms with van der Waals surface area (Å²) < 4.78 is 0. The SMILES string of the molecule is C1CC2CNC(CNC3CC3)C2C1. The number of hydrogen-bond acceptors (Lipinski definition) is 2. The van der Waals surface area contributed by atoms with Gasteiger partial charge in [0.1, 0.15) is 0 Å². The van der Waals surface area contributed by atoms with Crippen LogP contribution in [0.2, 0.25) is 0 Å². The second-order valence-electron chi connectivity index (χ2n) is 5.05. The van der Waals surface area contributed by atoms with Crippen LogP contribution in [0.15, 0.2) is 0 Å². The molecule has 1 aliphatic heterocycles. The van der Waals surface area contributed by atoms with Gasteiger partial charge in [-0.25, -0.2) is 0 Å². The van der Waals surface area contributed by atoms with E-state index in [-0.39, 0.29) is 0 Å². The van der Waals surface area contributed by atoms with E-state index in [1.54, 1.807) is 0 Å². The molecule has 3 fully saturated rings. The first kappa shape index (κ1) is 8.25. The molecule has 2 saturated carbocycles. The molecule has 1 heterocycles. The molecule has 0 spiro atoms. The summed E-state index contributed by atoms with van der Waals surface area (Å²) in [7, 11) is 0. The Bertz CT molecular complexity index is 189. The Morgan fingerprint density at radius 1 is 1.15 bits per heavy atom. The van der Waals surface area contributed by atoms with Crippen LogP contribution in [0.3, 0.4) is 0 Å². The van der Waals surface area contributed by atoms with Crippen LogP contribution in [0.4, 0.5) is 0 Å². The van der Waals surface area contributed by atoms with Crippen LogP contribution in [0.5, 0.6) is 0 Å². The number of nitrogens with one attached hydrogen (secondary N) is 2. The van der Waals surface area contributed by atoms with Crippen molar-refractivity contribution in [3.05, 3.63) is 0 Å². The first-order valence-electron chi connectivity index (χ1n) is 5.90. The van der Waals surface area contributed by atoms with E-state index in [1.165, 1.54) is 45.2 Å². The molecule has 0 amide bonds. The van der Waals surface area contributed by atoms with Gasteiger partial charge >= 0.3 is 0 Å². The summed E-state index contributed by atoms with van der Waals surface area (Å²) in [5, 5.41) is 7.33. The fourth-order valence-electron chi connectivity index (χ4n) is 3.11. The molecule has 0 aromatic carbocycles. The van der Waals surface area contributed by atoms with Crippen molar-refractivity contribution in [2.24, 2.45) is 11.8 Å². The van der Waals surface area contributed by atoms with Crippen molar-refractivity contribution >= 4 is 0 Å². The van der Waals surface area contributed by atoms with Crippen LogP contribution in [0.1, 0.15) is 32.1 Å². The molecule has 1 saturated heterocycles. The maximum Gasteiger partial charge on any atom is 0.0224 e. The maximum absolute atomic E-state index is 3.68. The highest BCUT2D eigenvalue weighted by atomic mass is 15.1. The van der Waals surface area contributed by atoms with Gasteiger partial charge in [-0.3, -0.25) is 0 Å². The minimum atomic E-state index is 0.799. The second-order valence-corrected chi connectivity index (χ2v) is 5.05. The normalized spacial score (nSPS) is 43.8. The van der Waals surface area contributed by atoms with Crippen molar-refractivity contribution in [1.29, 1.82) is 0 Å². The summed E-state index contributed by atoms with van der Waals surface area (Å²) in [6.45, 7) is 2.52. The fraction of sp³-hybridized carbons (Fsp3) is 1.00. The molecule has 3 rings (SSSR count). The van der Waals surface area contributed by atoms with Crippen molar-refractivity contribution in [2.75, 3.05) is 13.1 Å². The standard InChI is InChI=1S/C11H20N2/c1-2-8-6-13-11(10(8)3-1)7-12-9-4-5-9/h8-13H,1-7H2. The van der Waals surface area contributed by atoms with E-state index >= 15 is 0 Å². The fourth-order valence-corrected chi connectivity index (χ4v) is 3.11. The molecule has 2 heteroatoms. The highest BCUT2D eigenvalue weighted by molar-refractivity contribution is 4.96. The summed E-state index contributed by atoms with van der Waals surface area (Å²) >= 11 is 0. The molecule has 0 radical (unpaired) electrons. The van der Waals surface area contributed by atoms with Gasteiger partial charge < -0.3 is 10.6 Å². The average Bonchev–Trinajstić information content (AvgIpc) is 2.72. The Morgan fingerprint density at radius 2 is 2.08 bits per heavy atom. The smallest absolute Gasteiger partial charge is 0.0224 e. The number of rotatable bonds is 3. The molecular formula is C11H20N2. The van der Waals surface area contributed by atoms with Crippen LogP contribution >= 0.6 is 0 Å². The molecule has 3 unspecified atom stereocenters. The molecule has 0 aromatic rings. The van der Waals surface area contributed by atoms with Crippen LogP contribution in [-0.2, 0) is 0 Å². The summed E-state index contributed by atoms with van der Waals surface area (Å²) in [5.41, 5.74) is 0. The zero-order chi connectivity index (χ0) is 8.67. The zero-order valence-corrected chi connectivity index (χ0v) is 8.26. The summed E-state index contributed by atoms with van der Waals surface area (Å²) in [5.74, 6) is 2.03. The van der Waals surface area contributed by atoms with Crippen LogP contribution in [0.25, 0.3) is 0 Å². The molecule has 13 heavy (non-hydrogen) atoms. The predicted molar refractivity (Wildman–Crippen MR) is 53.6 cm³/mol. The highest BCUT2D eigenvalue weighted by Gasteiger charge is 2.38. The van der Waals surface area contributed by atoms with E-state index in [2.05, 4.69) is 10.6 Å². The first-order valence-corrected chi connectivity index (χ1v) is 5.90. The Balaban J connectivity index is 1.52. The van der Waals surface area contributed by atoms with Gasteiger partial charge in [0.2, 0.25) is 0 Å². The van der Waals surface area contributed by atoms with E-state index in [9.17, 15) is 0 Å². The van der Waals surface area contributed by atoms with Crippen molar-refractivity contribution in [3.63, 3.8) is 0 Å². The van der Waals surface area contributed by atoms with E-state index < -0.39 is 0 Å². The second kappa shape index (κ2) is 3.25. The van der Waals surface area contributed by atoms with Crippen LogP contribution < -0.4 is 10.6 Å². The van der Waals surface area contributed by atoms with Gasteiger partial charge in [-0.05, 0) is 44.1 Å². The molecule has 0 aromatic heterocycles. The van der Waals surface area contributed by atoms with Gasteiger partial charge in [-0.2, -0.15) is 0 Å². The Hall–Kier alpha value is -0.0800. The van der Waals surface area contributed by atoms with Crippen molar-refractivity contribution < 1.29 is 0 Å². The molecule has 2 N–H and O–H groups in total. The van der Waals surface area contributed by atoms with Gasteiger partial charge in [0.05, 0.1) is 0 Å². The summed E-state index contributed by atoms with van der Waals surface area (Å²) in [6.07, 6.45) is 7.28. The predicted octanol–water partition coefficient (Wildman–Crippen LogP) is 1.13. The molecular weight excluding hydrogens is 160 g/mol. The maximum atomic E-state index is 3.68. The lowest BCUT2D eigenvalue weighted by Gasteiger charge is -2.18. The van der Waals surface area contributed by atoms with Crippen molar-refractivity contribution in [1.82, 2.24) is 10.6 Å². The van der Waals surface area contributed by atoms with Crippen molar-refractivity contribution in [2.45, 2.75) is 44.2 Å². The largest absolute Gasteiger partial charge is 0.312 e. The Morgan fingerprint density at radius 3 is 2.92 bits per heavy atom. The van der Waals surface area contributed by atoms with Crippen LogP contribution in [0, 0.1) is 11.8 Å². The lowest BCUT2D eigenvalue weighted by molar-refractivity contribution is 0.393. The Labute approximate surface area is 80.5 Å². The van der Waals surface area contributed by atoms with Crippen LogP contribution in [-0.4, -0.2) is 25.2 Å². The molecule has 3 atom stereocenters. The van der Waals surface area contributed by atoms with Gasteiger partial charge in [0, 0.05) is 18.6 Å². The third-order valence-electron chi connectivity index (χ3n) is 4.08. The molecule has 3 aliphatic rings. The minimum Gasteiger partial charge on any atom is -0.312 e. The van der Waals surface area contributed by atoms with Gasteiger partial charge in [0.15, 0.2) is 0 Å². The zero-order valence-electron chi connectivity index (χ0n) is 8.26. The van der Waals surface area contributed by atoms with E-state index in [0.29, 0.717) is 0 Å². The first-order chi connectivity index (χ1) is 6.43. The van der Waals surface area contributed by atoms with E-state index in [4.69, 9.17) is 0 Å². The third kappa shape index (κ3) is 1.62. The van der Waals surface area contributed by atoms with E-state index in [0.717, 1.165) is 23.9 Å². The minimum absolute atomic E-state index is 0.799. The van der Waals surface area contributed by atoms with Gasteiger partial charge in [-0.1, -0.05) is 6.42 Å². The monoisotopic (exact) mass is 180 g/mol. The highest BCUT2D eigenvalue weighted by Crippen LogP contribution is 2.37. The quantitative estimate of drug-likeness (QED) is 0.680. The summed E-state index contributed by atoms with van der Waals surface area (Å²) in [6, 6.07) is 1.68. The third-order valence-corrected chi connectivity index (χ3v) is 4.08. The lowest BCUT2D eigenvalue weighted by Crippen LogP contribution is -2.38.